The van der Waals surface area contributed by atoms with E-state index in [4.69, 9.17) is 9.47 Å². The molecule has 0 saturated heterocycles. The van der Waals surface area contributed by atoms with E-state index >= 15 is 0 Å². The second kappa shape index (κ2) is 7.64. The quantitative estimate of drug-likeness (QED) is 0.319. The number of halogens is 1. The highest BCUT2D eigenvalue weighted by Gasteiger charge is 2.29. The number of pyridine rings is 1. The van der Waals surface area contributed by atoms with Gasteiger partial charge in [-0.05, 0) is 52.4 Å². The first kappa shape index (κ1) is 18.7. The molecule has 25 heavy (non-hydrogen) atoms. The fourth-order valence-electron chi connectivity index (χ4n) is 2.92. The summed E-state index contributed by atoms with van der Waals surface area (Å²) in [5, 5.41) is 1.15. The predicted octanol–water partition coefficient (Wildman–Crippen LogP) is 5.51. The van der Waals surface area contributed by atoms with Crippen LogP contribution in [0.15, 0.2) is 29.2 Å². The highest BCUT2D eigenvalue weighted by molar-refractivity contribution is 9.10. The van der Waals surface area contributed by atoms with Crippen molar-refractivity contribution in [2.45, 2.75) is 45.3 Å². The zero-order valence-electron chi connectivity index (χ0n) is 15.5. The Morgan fingerprint density at radius 1 is 1.40 bits per heavy atom. The van der Waals surface area contributed by atoms with E-state index in [2.05, 4.69) is 57.4 Å². The maximum absolute atomic E-state index is 5.96. The molecular weight excluding hydrogens is 396 g/mol. The van der Waals surface area contributed by atoms with E-state index in [1.165, 1.54) is 30.0 Å². The lowest BCUT2D eigenvalue weighted by atomic mass is 10.0. The molecule has 3 rings (SSSR count). The van der Waals surface area contributed by atoms with Crippen molar-refractivity contribution in [1.82, 2.24) is 9.55 Å². The Kier molecular flexibility index (Phi) is 5.70. The first-order valence-electron chi connectivity index (χ1n) is 8.84. The maximum atomic E-state index is 5.96. The average Bonchev–Trinajstić information content (AvgIpc) is 3.31. The van der Waals surface area contributed by atoms with Gasteiger partial charge in [0.2, 0.25) is 0 Å². The average molecular weight is 423 g/mol. The van der Waals surface area contributed by atoms with Gasteiger partial charge in [0.1, 0.15) is 12.4 Å². The summed E-state index contributed by atoms with van der Waals surface area (Å²) in [7, 11) is 0.649. The summed E-state index contributed by atoms with van der Waals surface area (Å²) in [6, 6.07) is 3.32. The van der Waals surface area contributed by atoms with Gasteiger partial charge >= 0.3 is 0 Å². The Labute approximate surface area is 159 Å². The van der Waals surface area contributed by atoms with Crippen LogP contribution < -0.4 is 0 Å². The first-order valence-corrected chi connectivity index (χ1v) is 13.3. The standard InChI is InChI=1S/C19H27BrN2O2Si/c1-23-12-18(14-5-6-14)17-11-22(13-24-7-8-25(2,3)4)19-16(17)9-15(20)10-21-19/h9-12,14H,5-8,13H2,1-4H3/b18-12+. The van der Waals surface area contributed by atoms with Gasteiger partial charge in [0.05, 0.1) is 13.4 Å². The van der Waals surface area contributed by atoms with E-state index in [1.807, 2.05) is 12.5 Å². The molecule has 6 heteroatoms. The number of rotatable bonds is 8. The second-order valence-corrected chi connectivity index (χ2v) is 14.5. The molecule has 0 N–H and O–H groups in total. The highest BCUT2D eigenvalue weighted by atomic mass is 79.9. The van der Waals surface area contributed by atoms with E-state index < -0.39 is 8.07 Å². The summed E-state index contributed by atoms with van der Waals surface area (Å²) in [6.45, 7) is 8.47. The van der Waals surface area contributed by atoms with Crippen LogP contribution in [0.5, 0.6) is 0 Å². The smallest absolute Gasteiger partial charge is 0.142 e. The number of fused-ring (bicyclic) bond motifs is 1. The molecule has 1 aliphatic carbocycles. The number of aromatic nitrogens is 2. The molecule has 0 radical (unpaired) electrons. The molecule has 1 fully saturated rings. The summed E-state index contributed by atoms with van der Waals surface area (Å²) in [5.41, 5.74) is 3.45. The Morgan fingerprint density at radius 3 is 2.80 bits per heavy atom. The van der Waals surface area contributed by atoms with Crippen LogP contribution in [-0.2, 0) is 16.2 Å². The topological polar surface area (TPSA) is 36.3 Å². The molecule has 1 saturated carbocycles. The van der Waals surface area contributed by atoms with Crippen LogP contribution in [0.2, 0.25) is 25.7 Å². The number of allylic oxidation sites excluding steroid dienone is 1. The molecule has 4 nitrogen and oxygen atoms in total. The molecule has 2 heterocycles. The van der Waals surface area contributed by atoms with Gasteiger partial charge in [-0.1, -0.05) is 19.6 Å². The summed E-state index contributed by atoms with van der Waals surface area (Å²) in [6.07, 6.45) is 8.37. The van der Waals surface area contributed by atoms with Crippen LogP contribution in [0.25, 0.3) is 16.6 Å². The Morgan fingerprint density at radius 2 is 2.16 bits per heavy atom. The van der Waals surface area contributed by atoms with Crippen molar-refractivity contribution in [2.24, 2.45) is 5.92 Å². The van der Waals surface area contributed by atoms with E-state index in [9.17, 15) is 0 Å². The zero-order valence-corrected chi connectivity index (χ0v) is 18.1. The van der Waals surface area contributed by atoms with Crippen LogP contribution in [0.1, 0.15) is 18.4 Å². The number of hydrogen-bond acceptors (Lipinski definition) is 3. The number of ether oxygens (including phenoxy) is 2. The third kappa shape index (κ3) is 4.74. The van der Waals surface area contributed by atoms with Crippen molar-refractivity contribution < 1.29 is 9.47 Å². The third-order valence-electron chi connectivity index (χ3n) is 4.48. The molecular formula is C19H27BrN2O2Si. The Bertz CT molecular complexity index is 776. The lowest BCUT2D eigenvalue weighted by Crippen LogP contribution is -2.22. The van der Waals surface area contributed by atoms with Crippen molar-refractivity contribution in [3.8, 4) is 0 Å². The fourth-order valence-corrected chi connectivity index (χ4v) is 4.00. The van der Waals surface area contributed by atoms with Crippen LogP contribution in [-0.4, -0.2) is 31.3 Å². The van der Waals surface area contributed by atoms with Crippen LogP contribution >= 0.6 is 15.9 Å². The van der Waals surface area contributed by atoms with E-state index in [1.54, 1.807) is 7.11 Å². The van der Waals surface area contributed by atoms with Gasteiger partial charge in [0.25, 0.3) is 0 Å². The van der Waals surface area contributed by atoms with E-state index in [0.717, 1.165) is 22.1 Å². The summed E-state index contributed by atoms with van der Waals surface area (Å²) < 4.78 is 14.4. The molecule has 0 unspecified atom stereocenters. The van der Waals surface area contributed by atoms with E-state index in [-0.39, 0.29) is 0 Å². The maximum Gasteiger partial charge on any atom is 0.142 e. The molecule has 2 aromatic rings. The molecule has 2 aromatic heterocycles. The molecule has 0 aliphatic heterocycles. The monoisotopic (exact) mass is 422 g/mol. The number of nitrogens with zero attached hydrogens (tertiary/aromatic N) is 2. The minimum Gasteiger partial charge on any atom is -0.504 e. The molecule has 1 aliphatic rings. The lowest BCUT2D eigenvalue weighted by molar-refractivity contribution is 0.0898. The fraction of sp³-hybridized carbons (Fsp3) is 0.526. The van der Waals surface area contributed by atoms with Crippen LogP contribution in [0, 0.1) is 5.92 Å². The zero-order chi connectivity index (χ0) is 18.0. The van der Waals surface area contributed by atoms with Gasteiger partial charge in [-0.15, -0.1) is 0 Å². The van der Waals surface area contributed by atoms with Crippen LogP contribution in [0.4, 0.5) is 0 Å². The van der Waals surface area contributed by atoms with Crippen molar-refractivity contribution >= 4 is 40.6 Å². The third-order valence-corrected chi connectivity index (χ3v) is 6.62. The van der Waals surface area contributed by atoms with Gasteiger partial charge in [-0.25, -0.2) is 4.98 Å². The molecule has 0 amide bonds. The van der Waals surface area contributed by atoms with E-state index in [0.29, 0.717) is 12.6 Å². The van der Waals surface area contributed by atoms with Gasteiger partial charge in [-0.3, -0.25) is 0 Å². The lowest BCUT2D eigenvalue weighted by Gasteiger charge is -2.15. The minimum atomic E-state index is -1.07. The predicted molar refractivity (Wildman–Crippen MR) is 109 cm³/mol. The molecule has 136 valence electrons. The van der Waals surface area contributed by atoms with Gasteiger partial charge in [0.15, 0.2) is 0 Å². The molecule has 0 aromatic carbocycles. The summed E-state index contributed by atoms with van der Waals surface area (Å²) in [4.78, 5) is 4.63. The van der Waals surface area contributed by atoms with Crippen molar-refractivity contribution in [3.05, 3.63) is 34.8 Å². The number of hydrogen-bond donors (Lipinski definition) is 0. The Balaban J connectivity index is 1.87. The SMILES string of the molecule is CO/C=C(/c1cn(COCC[Si](C)(C)C)c2ncc(Br)cc12)C1CC1. The normalized spacial score (nSPS) is 15.8. The molecule has 0 atom stereocenters. The van der Waals surface area contributed by atoms with Gasteiger partial charge < -0.3 is 14.0 Å². The summed E-state index contributed by atoms with van der Waals surface area (Å²) in [5.74, 6) is 0.603. The Hall–Kier alpha value is -1.11. The van der Waals surface area contributed by atoms with Gasteiger partial charge in [-0.2, -0.15) is 0 Å². The first-order chi connectivity index (χ1) is 11.9. The highest BCUT2D eigenvalue weighted by Crippen LogP contribution is 2.44. The molecule has 0 bridgehead atoms. The second-order valence-electron chi connectivity index (χ2n) is 7.97. The van der Waals surface area contributed by atoms with Crippen LogP contribution in [0.3, 0.4) is 0 Å². The van der Waals surface area contributed by atoms with Crippen molar-refractivity contribution in [2.75, 3.05) is 13.7 Å². The summed E-state index contributed by atoms with van der Waals surface area (Å²) >= 11 is 3.55. The van der Waals surface area contributed by atoms with Gasteiger partial charge in [0, 0.05) is 42.5 Å². The minimum absolute atomic E-state index is 0.542. The van der Waals surface area contributed by atoms with Crippen molar-refractivity contribution in [3.63, 3.8) is 0 Å². The largest absolute Gasteiger partial charge is 0.504 e. The van der Waals surface area contributed by atoms with Crippen molar-refractivity contribution in [1.29, 1.82) is 0 Å². The number of methoxy groups -OCH3 is 1. The molecule has 0 spiro atoms.